The first-order chi connectivity index (χ1) is 11.2. The molecule has 0 N–H and O–H groups in total. The van der Waals surface area contributed by atoms with Gasteiger partial charge in [0.2, 0.25) is 0 Å². The van der Waals surface area contributed by atoms with Gasteiger partial charge in [-0.2, -0.15) is 4.99 Å². The van der Waals surface area contributed by atoms with Crippen LogP contribution in [0.1, 0.15) is 32.3 Å². The number of amidine groups is 1. The van der Waals surface area contributed by atoms with Crippen molar-refractivity contribution in [2.45, 2.75) is 26.7 Å². The average Bonchev–Trinajstić information content (AvgIpc) is 2.91. The number of carbonyl (C=O) groups is 1. The molecule has 2 heterocycles. The van der Waals surface area contributed by atoms with Gasteiger partial charge in [-0.25, -0.2) is 0 Å². The summed E-state index contributed by atoms with van der Waals surface area (Å²) in [6.07, 6.45) is 4.32. The molecule has 3 rings (SSSR count). The van der Waals surface area contributed by atoms with Gasteiger partial charge in [0.05, 0.1) is 11.5 Å². The second kappa shape index (κ2) is 7.21. The average molecular weight is 330 g/mol. The van der Waals surface area contributed by atoms with Gasteiger partial charge in [-0.1, -0.05) is 25.1 Å². The van der Waals surface area contributed by atoms with Crippen LogP contribution < -0.4 is 4.74 Å². The van der Waals surface area contributed by atoms with Gasteiger partial charge < -0.3 is 9.64 Å². The smallest absolute Gasteiger partial charge is 0.286 e. The zero-order valence-corrected chi connectivity index (χ0v) is 14.4. The largest absolute Gasteiger partial charge is 0.493 e. The van der Waals surface area contributed by atoms with E-state index < -0.39 is 0 Å². The Labute approximate surface area is 141 Å². The number of benzene rings is 1. The maximum Gasteiger partial charge on any atom is 0.286 e. The number of hydrogen-bond acceptors (Lipinski definition) is 4. The molecular weight excluding hydrogens is 308 g/mol. The molecular formula is C18H22N2O2S. The fourth-order valence-corrected chi connectivity index (χ4v) is 3.86. The van der Waals surface area contributed by atoms with Gasteiger partial charge in [-0.05, 0) is 49.6 Å². The van der Waals surface area contributed by atoms with Crippen LogP contribution in [0.4, 0.5) is 0 Å². The van der Waals surface area contributed by atoms with Crippen LogP contribution in [0.15, 0.2) is 34.2 Å². The first-order valence-corrected chi connectivity index (χ1v) is 8.98. The lowest BCUT2D eigenvalue weighted by Crippen LogP contribution is -2.37. The van der Waals surface area contributed by atoms with Gasteiger partial charge >= 0.3 is 0 Å². The minimum absolute atomic E-state index is 0.144. The topological polar surface area (TPSA) is 41.9 Å². The molecule has 4 nitrogen and oxygen atoms in total. The predicted octanol–water partition coefficient (Wildman–Crippen LogP) is 3.79. The molecule has 1 fully saturated rings. The normalized spacial score (nSPS) is 23.3. The first-order valence-electron chi connectivity index (χ1n) is 8.16. The van der Waals surface area contributed by atoms with Crippen LogP contribution in [0.3, 0.4) is 0 Å². The number of ether oxygens (including phenoxy) is 1. The zero-order chi connectivity index (χ0) is 16.2. The Morgan fingerprint density at radius 1 is 1.43 bits per heavy atom. The summed E-state index contributed by atoms with van der Waals surface area (Å²) in [7, 11) is 0. The molecule has 0 bridgehead atoms. The maximum absolute atomic E-state index is 12.2. The van der Waals surface area contributed by atoms with E-state index in [0.29, 0.717) is 17.4 Å². The van der Waals surface area contributed by atoms with Crippen LogP contribution >= 0.6 is 11.8 Å². The number of thioether (sulfide) groups is 1. The van der Waals surface area contributed by atoms with Crippen LogP contribution in [-0.2, 0) is 4.79 Å². The number of hydrogen-bond donors (Lipinski definition) is 0. The SMILES string of the molecule is CCOc1ccccc1/C=C1\SC(N2CCCC(C)C2)=NC1=O. The number of nitrogens with zero attached hydrogens (tertiary/aromatic N) is 2. The Kier molecular flexibility index (Phi) is 5.06. The molecule has 1 unspecified atom stereocenters. The van der Waals surface area contributed by atoms with Crippen molar-refractivity contribution in [2.75, 3.05) is 19.7 Å². The fraction of sp³-hybridized carbons (Fsp3) is 0.444. The highest BCUT2D eigenvalue weighted by molar-refractivity contribution is 8.18. The molecule has 0 saturated carbocycles. The van der Waals surface area contributed by atoms with Crippen LogP contribution in [0.5, 0.6) is 5.75 Å². The molecule has 0 radical (unpaired) electrons. The Bertz CT molecular complexity index is 654. The molecule has 2 aliphatic rings. The number of carbonyl (C=O) groups excluding carboxylic acids is 1. The van der Waals surface area contributed by atoms with Crippen molar-refractivity contribution in [3.05, 3.63) is 34.7 Å². The molecule has 1 saturated heterocycles. The quantitative estimate of drug-likeness (QED) is 0.791. The van der Waals surface area contributed by atoms with Gasteiger partial charge in [-0.3, -0.25) is 4.79 Å². The van der Waals surface area contributed by atoms with Crippen LogP contribution in [0, 0.1) is 5.92 Å². The van der Waals surface area contributed by atoms with Crippen molar-refractivity contribution in [2.24, 2.45) is 10.9 Å². The van der Waals surface area contributed by atoms with E-state index in [1.807, 2.05) is 37.3 Å². The maximum atomic E-state index is 12.2. The van der Waals surface area contributed by atoms with E-state index in [-0.39, 0.29) is 5.91 Å². The third-order valence-electron chi connectivity index (χ3n) is 4.04. The summed E-state index contributed by atoms with van der Waals surface area (Å²) >= 11 is 1.48. The predicted molar refractivity (Wildman–Crippen MR) is 95.6 cm³/mol. The lowest BCUT2D eigenvalue weighted by atomic mass is 10.0. The molecule has 2 aliphatic heterocycles. The van der Waals surface area contributed by atoms with Gasteiger partial charge in [0.25, 0.3) is 5.91 Å². The van der Waals surface area contributed by atoms with Crippen molar-refractivity contribution in [1.29, 1.82) is 0 Å². The second-order valence-corrected chi connectivity index (χ2v) is 6.98. The molecule has 1 atom stereocenters. The number of para-hydroxylation sites is 1. The number of likely N-dealkylation sites (tertiary alicyclic amines) is 1. The Balaban J connectivity index is 1.77. The molecule has 0 aromatic heterocycles. The van der Waals surface area contributed by atoms with Crippen molar-refractivity contribution in [3.8, 4) is 5.75 Å². The summed E-state index contributed by atoms with van der Waals surface area (Å²) in [5.74, 6) is 1.32. The van der Waals surface area contributed by atoms with Crippen molar-refractivity contribution in [3.63, 3.8) is 0 Å². The number of aliphatic imine (C=N–C) groups is 1. The van der Waals surface area contributed by atoms with E-state index >= 15 is 0 Å². The van der Waals surface area contributed by atoms with Crippen molar-refractivity contribution in [1.82, 2.24) is 4.90 Å². The van der Waals surface area contributed by atoms with Gasteiger partial charge in [-0.15, -0.1) is 0 Å². The fourth-order valence-electron chi connectivity index (χ4n) is 2.92. The Morgan fingerprint density at radius 3 is 3.04 bits per heavy atom. The number of rotatable bonds is 3. The standard InChI is InChI=1S/C18H22N2O2S/c1-3-22-15-9-5-4-8-14(15)11-16-17(21)19-18(23-16)20-10-6-7-13(2)12-20/h4-5,8-9,11,13H,3,6-7,10,12H2,1-2H3/b16-11-. The summed E-state index contributed by atoms with van der Waals surface area (Å²) < 4.78 is 5.63. The highest BCUT2D eigenvalue weighted by Crippen LogP contribution is 2.33. The Morgan fingerprint density at radius 2 is 2.26 bits per heavy atom. The Hall–Kier alpha value is -1.75. The van der Waals surface area contributed by atoms with Gasteiger partial charge in [0.1, 0.15) is 5.75 Å². The minimum atomic E-state index is -0.144. The van der Waals surface area contributed by atoms with Crippen molar-refractivity contribution < 1.29 is 9.53 Å². The summed E-state index contributed by atoms with van der Waals surface area (Å²) in [4.78, 5) is 19.4. The summed E-state index contributed by atoms with van der Waals surface area (Å²) in [6.45, 7) is 6.80. The number of piperidine rings is 1. The lowest BCUT2D eigenvalue weighted by molar-refractivity contribution is -0.113. The lowest BCUT2D eigenvalue weighted by Gasteiger charge is -2.31. The van der Waals surface area contributed by atoms with Crippen LogP contribution in [0.2, 0.25) is 0 Å². The summed E-state index contributed by atoms with van der Waals surface area (Å²) in [6, 6.07) is 7.78. The highest BCUT2D eigenvalue weighted by atomic mass is 32.2. The van der Waals surface area contributed by atoms with E-state index in [2.05, 4.69) is 16.8 Å². The van der Waals surface area contributed by atoms with E-state index in [0.717, 1.165) is 29.6 Å². The molecule has 1 amide bonds. The first kappa shape index (κ1) is 16.1. The second-order valence-electron chi connectivity index (χ2n) is 5.97. The molecule has 23 heavy (non-hydrogen) atoms. The molecule has 5 heteroatoms. The minimum Gasteiger partial charge on any atom is -0.493 e. The van der Waals surface area contributed by atoms with E-state index in [9.17, 15) is 4.79 Å². The van der Waals surface area contributed by atoms with Crippen LogP contribution in [0.25, 0.3) is 6.08 Å². The van der Waals surface area contributed by atoms with Gasteiger partial charge in [0, 0.05) is 18.7 Å². The van der Waals surface area contributed by atoms with E-state index in [4.69, 9.17) is 4.74 Å². The molecule has 122 valence electrons. The van der Waals surface area contributed by atoms with Crippen LogP contribution in [-0.4, -0.2) is 35.7 Å². The monoisotopic (exact) mass is 330 g/mol. The third kappa shape index (κ3) is 3.78. The zero-order valence-electron chi connectivity index (χ0n) is 13.6. The summed E-state index contributed by atoms with van der Waals surface area (Å²) in [5.41, 5.74) is 0.925. The van der Waals surface area contributed by atoms with Crippen molar-refractivity contribution >= 4 is 28.9 Å². The molecule has 0 spiro atoms. The number of amides is 1. The van der Waals surface area contributed by atoms with Gasteiger partial charge in [0.15, 0.2) is 5.17 Å². The third-order valence-corrected chi connectivity index (χ3v) is 5.09. The molecule has 1 aromatic rings. The molecule has 0 aliphatic carbocycles. The van der Waals surface area contributed by atoms with E-state index in [1.54, 1.807) is 0 Å². The molecule has 1 aromatic carbocycles. The summed E-state index contributed by atoms with van der Waals surface area (Å²) in [5, 5.41) is 0.849. The highest BCUT2D eigenvalue weighted by Gasteiger charge is 2.28. The van der Waals surface area contributed by atoms with E-state index in [1.165, 1.54) is 24.6 Å².